The van der Waals surface area contributed by atoms with Crippen molar-refractivity contribution in [3.8, 4) is 0 Å². The Kier molecular flexibility index (Phi) is 2.87. The molecule has 1 heterocycles. The van der Waals surface area contributed by atoms with Crippen molar-refractivity contribution < 1.29 is 0 Å². The number of nitrogens with zero attached hydrogens (tertiary/aromatic N) is 1. The maximum Gasteiger partial charge on any atom is 0.0944 e. The molecule has 1 aromatic heterocycles. The summed E-state index contributed by atoms with van der Waals surface area (Å²) in [4.78, 5) is 4.72. The zero-order valence-electron chi connectivity index (χ0n) is 9.95. The summed E-state index contributed by atoms with van der Waals surface area (Å²) in [6.07, 6.45) is 3.71. The fourth-order valence-corrected chi connectivity index (χ4v) is 3.90. The summed E-state index contributed by atoms with van der Waals surface area (Å²) in [6.45, 7) is 2.31. The Bertz CT molecular complexity index is 499. The number of hydrogen-bond donors (Lipinski definition) is 0. The van der Waals surface area contributed by atoms with E-state index in [-0.39, 0.29) is 5.41 Å². The van der Waals surface area contributed by atoms with Gasteiger partial charge in [0, 0.05) is 12.3 Å². The Morgan fingerprint density at radius 3 is 2.82 bits per heavy atom. The molecule has 90 valence electrons. The number of para-hydroxylation sites is 1. The molecular formula is C14H16ClNS. The van der Waals surface area contributed by atoms with Crippen LogP contribution < -0.4 is 0 Å². The molecular weight excluding hydrogens is 250 g/mol. The zero-order valence-corrected chi connectivity index (χ0v) is 11.5. The molecule has 1 aromatic carbocycles. The molecule has 2 aromatic rings. The van der Waals surface area contributed by atoms with Gasteiger partial charge in [-0.2, -0.15) is 0 Å². The summed E-state index contributed by atoms with van der Waals surface area (Å²) < 4.78 is 1.29. The van der Waals surface area contributed by atoms with Crippen LogP contribution in [0.1, 0.15) is 24.8 Å². The van der Waals surface area contributed by atoms with Crippen LogP contribution in [0.25, 0.3) is 10.2 Å². The van der Waals surface area contributed by atoms with Gasteiger partial charge in [0.15, 0.2) is 0 Å². The van der Waals surface area contributed by atoms with Crippen LogP contribution in [0.3, 0.4) is 0 Å². The van der Waals surface area contributed by atoms with Crippen molar-refractivity contribution in [2.45, 2.75) is 26.2 Å². The molecule has 1 aliphatic rings. The van der Waals surface area contributed by atoms with Gasteiger partial charge in [0.05, 0.1) is 15.2 Å². The summed E-state index contributed by atoms with van der Waals surface area (Å²) >= 11 is 7.98. The van der Waals surface area contributed by atoms with Crippen LogP contribution in [0.4, 0.5) is 0 Å². The molecule has 3 heteroatoms. The largest absolute Gasteiger partial charge is 0.241 e. The first-order valence-electron chi connectivity index (χ1n) is 6.12. The Morgan fingerprint density at radius 2 is 2.18 bits per heavy atom. The summed E-state index contributed by atoms with van der Waals surface area (Å²) in [7, 11) is 0. The van der Waals surface area contributed by atoms with Crippen molar-refractivity contribution in [3.05, 3.63) is 29.3 Å². The molecule has 1 aliphatic carbocycles. The van der Waals surface area contributed by atoms with Crippen LogP contribution in [0.2, 0.25) is 0 Å². The Hall–Kier alpha value is -0.600. The molecule has 0 aliphatic heterocycles. The molecule has 1 unspecified atom stereocenters. The lowest BCUT2D eigenvalue weighted by molar-refractivity contribution is 0.313. The van der Waals surface area contributed by atoms with Crippen LogP contribution in [0.5, 0.6) is 0 Å². The smallest absolute Gasteiger partial charge is 0.0944 e. The summed E-state index contributed by atoms with van der Waals surface area (Å²) in [5.74, 6) is 1.56. The number of rotatable bonds is 4. The van der Waals surface area contributed by atoms with Crippen LogP contribution >= 0.6 is 22.9 Å². The highest BCUT2D eigenvalue weighted by molar-refractivity contribution is 7.18. The summed E-state index contributed by atoms with van der Waals surface area (Å²) in [5, 5.41) is 1.24. The first-order chi connectivity index (χ1) is 8.21. The van der Waals surface area contributed by atoms with Crippen molar-refractivity contribution in [3.63, 3.8) is 0 Å². The van der Waals surface area contributed by atoms with Crippen LogP contribution in [-0.4, -0.2) is 10.9 Å². The van der Waals surface area contributed by atoms with E-state index in [2.05, 4.69) is 25.1 Å². The summed E-state index contributed by atoms with van der Waals surface area (Å²) in [5.41, 5.74) is 1.37. The minimum atomic E-state index is 0.245. The Balaban J connectivity index is 1.88. The minimum absolute atomic E-state index is 0.245. The lowest BCUT2D eigenvalue weighted by Crippen LogP contribution is -2.24. The van der Waals surface area contributed by atoms with Crippen molar-refractivity contribution >= 4 is 33.2 Å². The summed E-state index contributed by atoms with van der Waals surface area (Å²) in [6, 6.07) is 8.36. The van der Waals surface area contributed by atoms with Crippen LogP contribution in [-0.2, 0) is 6.42 Å². The van der Waals surface area contributed by atoms with E-state index in [1.165, 1.54) is 22.5 Å². The number of alkyl halides is 1. The van der Waals surface area contributed by atoms with Gasteiger partial charge in [0.25, 0.3) is 0 Å². The molecule has 0 saturated heterocycles. The molecule has 0 N–H and O–H groups in total. The Labute approximate surface area is 111 Å². The second-order valence-electron chi connectivity index (χ2n) is 5.31. The fraction of sp³-hybridized carbons (Fsp3) is 0.500. The predicted molar refractivity (Wildman–Crippen MR) is 74.9 cm³/mol. The van der Waals surface area contributed by atoms with Gasteiger partial charge in [-0.15, -0.1) is 22.9 Å². The van der Waals surface area contributed by atoms with E-state index in [1.807, 2.05) is 17.4 Å². The predicted octanol–water partition coefficient (Wildman–Crippen LogP) is 4.49. The maximum atomic E-state index is 6.17. The van der Waals surface area contributed by atoms with Crippen molar-refractivity contribution in [2.24, 2.45) is 11.3 Å². The van der Waals surface area contributed by atoms with Gasteiger partial charge in [-0.05, 0) is 36.3 Å². The highest BCUT2D eigenvalue weighted by Crippen LogP contribution is 2.48. The number of aromatic nitrogens is 1. The molecule has 0 radical (unpaired) electrons. The lowest BCUT2D eigenvalue weighted by Gasteiger charge is -2.25. The second-order valence-corrected chi connectivity index (χ2v) is 6.70. The molecule has 1 saturated carbocycles. The van der Waals surface area contributed by atoms with Gasteiger partial charge < -0.3 is 0 Å². The van der Waals surface area contributed by atoms with Gasteiger partial charge in [-0.1, -0.05) is 19.1 Å². The monoisotopic (exact) mass is 265 g/mol. The van der Waals surface area contributed by atoms with E-state index in [4.69, 9.17) is 16.6 Å². The van der Waals surface area contributed by atoms with E-state index in [0.717, 1.165) is 23.7 Å². The third kappa shape index (κ3) is 2.21. The standard InChI is InChI=1S/C14H16ClNS/c1-14(9-15,10-6-7-10)8-13-16-11-4-2-3-5-12(11)17-13/h2-5,10H,6-9H2,1H3. The molecule has 17 heavy (non-hydrogen) atoms. The van der Waals surface area contributed by atoms with Gasteiger partial charge in [-0.25, -0.2) is 4.98 Å². The van der Waals surface area contributed by atoms with E-state index < -0.39 is 0 Å². The highest BCUT2D eigenvalue weighted by Gasteiger charge is 2.41. The number of thiazole rings is 1. The van der Waals surface area contributed by atoms with E-state index in [9.17, 15) is 0 Å². The molecule has 0 amide bonds. The van der Waals surface area contributed by atoms with Crippen molar-refractivity contribution in [1.29, 1.82) is 0 Å². The van der Waals surface area contributed by atoms with E-state index in [1.54, 1.807) is 0 Å². The van der Waals surface area contributed by atoms with E-state index >= 15 is 0 Å². The topological polar surface area (TPSA) is 12.9 Å². The molecule has 3 rings (SSSR count). The van der Waals surface area contributed by atoms with Gasteiger partial charge in [0.2, 0.25) is 0 Å². The number of fused-ring (bicyclic) bond motifs is 1. The SMILES string of the molecule is CC(CCl)(Cc1nc2ccccc2s1)C1CC1. The molecule has 1 nitrogen and oxygen atoms in total. The van der Waals surface area contributed by atoms with Gasteiger partial charge in [0.1, 0.15) is 0 Å². The molecule has 0 spiro atoms. The third-order valence-electron chi connectivity index (χ3n) is 3.76. The third-order valence-corrected chi connectivity index (χ3v) is 5.41. The average molecular weight is 266 g/mol. The first kappa shape index (κ1) is 11.5. The Morgan fingerprint density at radius 1 is 1.41 bits per heavy atom. The van der Waals surface area contributed by atoms with Gasteiger partial charge in [-0.3, -0.25) is 0 Å². The number of benzene rings is 1. The second kappa shape index (κ2) is 4.25. The number of hydrogen-bond acceptors (Lipinski definition) is 2. The molecule has 0 bridgehead atoms. The minimum Gasteiger partial charge on any atom is -0.241 e. The van der Waals surface area contributed by atoms with Crippen LogP contribution in [0.15, 0.2) is 24.3 Å². The molecule has 1 atom stereocenters. The zero-order chi connectivity index (χ0) is 11.9. The van der Waals surface area contributed by atoms with E-state index in [0.29, 0.717) is 0 Å². The van der Waals surface area contributed by atoms with Crippen molar-refractivity contribution in [1.82, 2.24) is 4.98 Å². The number of halogens is 1. The normalized spacial score (nSPS) is 19.4. The maximum absolute atomic E-state index is 6.17. The average Bonchev–Trinajstić information content (AvgIpc) is 3.11. The van der Waals surface area contributed by atoms with Crippen LogP contribution in [0, 0.1) is 11.3 Å². The first-order valence-corrected chi connectivity index (χ1v) is 7.47. The van der Waals surface area contributed by atoms with Crippen molar-refractivity contribution in [2.75, 3.05) is 5.88 Å². The fourth-order valence-electron chi connectivity index (χ4n) is 2.42. The lowest BCUT2D eigenvalue weighted by atomic mass is 9.84. The molecule has 1 fully saturated rings. The van der Waals surface area contributed by atoms with Gasteiger partial charge >= 0.3 is 0 Å². The quantitative estimate of drug-likeness (QED) is 0.742. The highest BCUT2D eigenvalue weighted by atomic mass is 35.5.